The molecule has 0 aliphatic carbocycles. The molecule has 1 atom stereocenters. The molecule has 114 valence electrons. The second-order valence-electron chi connectivity index (χ2n) is 4.82. The van der Waals surface area contributed by atoms with Gasteiger partial charge in [0.05, 0.1) is 16.8 Å². The first-order valence-electron chi connectivity index (χ1n) is 7.38. The van der Waals surface area contributed by atoms with E-state index in [0.29, 0.717) is 0 Å². The number of halogens is 1. The van der Waals surface area contributed by atoms with Gasteiger partial charge >= 0.3 is 0 Å². The van der Waals surface area contributed by atoms with Gasteiger partial charge in [-0.1, -0.05) is 30.7 Å². The highest BCUT2D eigenvalue weighted by Gasteiger charge is 2.16. The summed E-state index contributed by atoms with van der Waals surface area (Å²) in [6, 6.07) is 10.4. The molecule has 0 aliphatic heterocycles. The van der Waals surface area contributed by atoms with Crippen LogP contribution in [0.5, 0.6) is 0 Å². The van der Waals surface area contributed by atoms with Crippen LogP contribution < -0.4 is 5.32 Å². The maximum absolute atomic E-state index is 6.24. The monoisotopic (exact) mass is 323 g/mol. The zero-order valence-corrected chi connectivity index (χ0v) is 14.1. The molecule has 2 rings (SSSR count). The normalized spacial score (nSPS) is 12.5. The molecule has 1 aromatic heterocycles. The van der Waals surface area contributed by atoms with Gasteiger partial charge in [0.1, 0.15) is 0 Å². The van der Waals surface area contributed by atoms with Crippen molar-refractivity contribution in [2.45, 2.75) is 37.8 Å². The molecule has 0 aliphatic rings. The third kappa shape index (κ3) is 4.50. The van der Waals surface area contributed by atoms with E-state index in [1.807, 2.05) is 24.4 Å². The fraction of sp³-hybridized carbons (Fsp3) is 0.438. The summed E-state index contributed by atoms with van der Waals surface area (Å²) >= 11 is 8.02. The van der Waals surface area contributed by atoms with Gasteiger partial charge in [0, 0.05) is 23.4 Å². The highest BCUT2D eigenvalue weighted by molar-refractivity contribution is 7.99. The lowest BCUT2D eigenvalue weighted by Gasteiger charge is -2.19. The van der Waals surface area contributed by atoms with Crippen LogP contribution >= 0.6 is 23.4 Å². The summed E-state index contributed by atoms with van der Waals surface area (Å²) in [7, 11) is 0. The first-order valence-corrected chi connectivity index (χ1v) is 8.75. The Kier molecular flexibility index (Phi) is 6.61. The molecule has 0 saturated heterocycles. The van der Waals surface area contributed by atoms with Gasteiger partial charge in [-0.25, -0.2) is 0 Å². The van der Waals surface area contributed by atoms with Gasteiger partial charge in [0.15, 0.2) is 0 Å². The molecular weight excluding hydrogens is 302 g/mol. The van der Waals surface area contributed by atoms with Gasteiger partial charge in [-0.15, -0.1) is 11.8 Å². The molecule has 21 heavy (non-hydrogen) atoms. The molecule has 1 N–H and O–H groups in total. The number of rotatable bonds is 8. The minimum Gasteiger partial charge on any atom is -0.308 e. The molecule has 1 unspecified atom stereocenters. The van der Waals surface area contributed by atoms with E-state index < -0.39 is 0 Å². The van der Waals surface area contributed by atoms with Gasteiger partial charge < -0.3 is 5.32 Å². The van der Waals surface area contributed by atoms with E-state index in [1.54, 1.807) is 11.8 Å². The second kappa shape index (κ2) is 8.47. The summed E-state index contributed by atoms with van der Waals surface area (Å²) in [4.78, 5) is 1.13. The highest BCUT2D eigenvalue weighted by Crippen LogP contribution is 2.30. The molecule has 0 fully saturated rings. The summed E-state index contributed by atoms with van der Waals surface area (Å²) in [5, 5.41) is 8.81. The molecule has 1 aromatic carbocycles. The number of thioether (sulfide) groups is 1. The van der Waals surface area contributed by atoms with Crippen molar-refractivity contribution in [3.8, 4) is 0 Å². The van der Waals surface area contributed by atoms with Gasteiger partial charge in [-0.2, -0.15) is 5.10 Å². The maximum atomic E-state index is 6.24. The first kappa shape index (κ1) is 16.4. The van der Waals surface area contributed by atoms with Crippen molar-refractivity contribution in [1.29, 1.82) is 0 Å². The van der Waals surface area contributed by atoms with E-state index in [9.17, 15) is 0 Å². The standard InChI is InChI=1S/C16H22ClN3S/c1-3-10-18-14(15-9-11-19-20(15)4-2)12-21-16-8-6-5-7-13(16)17/h5-9,11,14,18H,3-4,10,12H2,1-2H3. The highest BCUT2D eigenvalue weighted by atomic mass is 35.5. The fourth-order valence-electron chi connectivity index (χ4n) is 2.21. The quantitative estimate of drug-likeness (QED) is 0.731. The van der Waals surface area contributed by atoms with Crippen LogP contribution in [0.3, 0.4) is 0 Å². The molecule has 5 heteroatoms. The molecule has 0 saturated carbocycles. The van der Waals surface area contributed by atoms with Gasteiger partial charge in [-0.3, -0.25) is 4.68 Å². The van der Waals surface area contributed by atoms with Crippen molar-refractivity contribution >= 4 is 23.4 Å². The van der Waals surface area contributed by atoms with Crippen LogP contribution in [0.15, 0.2) is 41.4 Å². The Balaban J connectivity index is 2.08. The fourth-order valence-corrected chi connectivity index (χ4v) is 3.52. The smallest absolute Gasteiger partial charge is 0.0587 e. The lowest BCUT2D eigenvalue weighted by Crippen LogP contribution is -2.26. The van der Waals surface area contributed by atoms with E-state index in [4.69, 9.17) is 11.6 Å². The van der Waals surface area contributed by atoms with Crippen LogP contribution in [0, 0.1) is 0 Å². The molecule has 0 spiro atoms. The lowest BCUT2D eigenvalue weighted by molar-refractivity contribution is 0.514. The van der Waals surface area contributed by atoms with E-state index >= 15 is 0 Å². The number of nitrogens with zero attached hydrogens (tertiary/aromatic N) is 2. The van der Waals surface area contributed by atoms with E-state index in [2.05, 4.69) is 41.1 Å². The van der Waals surface area contributed by atoms with E-state index in [1.165, 1.54) is 5.69 Å². The molecule has 2 aromatic rings. The third-order valence-corrected chi connectivity index (χ3v) is 4.90. The molecule has 0 bridgehead atoms. The van der Waals surface area contributed by atoms with Crippen LogP contribution in [-0.4, -0.2) is 22.1 Å². The predicted molar refractivity (Wildman–Crippen MR) is 91.1 cm³/mol. The third-order valence-electron chi connectivity index (χ3n) is 3.29. The Morgan fingerprint density at radius 2 is 2.10 bits per heavy atom. The summed E-state index contributed by atoms with van der Waals surface area (Å²) < 4.78 is 2.06. The maximum Gasteiger partial charge on any atom is 0.0587 e. The number of benzene rings is 1. The van der Waals surface area contributed by atoms with Crippen molar-refractivity contribution in [3.63, 3.8) is 0 Å². The van der Waals surface area contributed by atoms with Crippen LogP contribution in [0.1, 0.15) is 32.0 Å². The van der Waals surface area contributed by atoms with Gasteiger partial charge in [-0.05, 0) is 38.1 Å². The van der Waals surface area contributed by atoms with Crippen LogP contribution in [-0.2, 0) is 6.54 Å². The Morgan fingerprint density at radius 3 is 2.81 bits per heavy atom. The molecule has 1 heterocycles. The second-order valence-corrected chi connectivity index (χ2v) is 6.29. The lowest BCUT2D eigenvalue weighted by atomic mass is 10.2. The number of aromatic nitrogens is 2. The number of aryl methyl sites for hydroxylation is 1. The minimum absolute atomic E-state index is 0.286. The number of hydrogen-bond donors (Lipinski definition) is 1. The average molecular weight is 324 g/mol. The van der Waals surface area contributed by atoms with E-state index in [-0.39, 0.29) is 6.04 Å². The zero-order chi connectivity index (χ0) is 15.1. The average Bonchev–Trinajstić information content (AvgIpc) is 2.97. The summed E-state index contributed by atoms with van der Waals surface area (Å²) in [6.45, 7) is 6.20. The number of hydrogen-bond acceptors (Lipinski definition) is 3. The zero-order valence-electron chi connectivity index (χ0n) is 12.6. The molecular formula is C16H22ClN3S. The van der Waals surface area contributed by atoms with Gasteiger partial charge in [0.2, 0.25) is 0 Å². The molecule has 3 nitrogen and oxygen atoms in total. The Labute approximate surface area is 136 Å². The van der Waals surface area contributed by atoms with Gasteiger partial charge in [0.25, 0.3) is 0 Å². The minimum atomic E-state index is 0.286. The van der Waals surface area contributed by atoms with Crippen LogP contribution in [0.4, 0.5) is 0 Å². The molecule has 0 radical (unpaired) electrons. The van der Waals surface area contributed by atoms with Crippen LogP contribution in [0.2, 0.25) is 5.02 Å². The largest absolute Gasteiger partial charge is 0.308 e. The van der Waals surface area contributed by atoms with Crippen LogP contribution in [0.25, 0.3) is 0 Å². The Morgan fingerprint density at radius 1 is 1.29 bits per heavy atom. The summed E-state index contributed by atoms with van der Waals surface area (Å²) in [5.74, 6) is 0.940. The van der Waals surface area contributed by atoms with Crippen molar-refractivity contribution < 1.29 is 0 Å². The van der Waals surface area contributed by atoms with Crippen molar-refractivity contribution in [2.75, 3.05) is 12.3 Å². The Hall–Kier alpha value is -0.970. The number of nitrogens with one attached hydrogen (secondary N) is 1. The first-order chi connectivity index (χ1) is 10.3. The predicted octanol–water partition coefficient (Wildman–Crippen LogP) is 4.39. The SMILES string of the molecule is CCCNC(CSc1ccccc1Cl)c1ccnn1CC. The van der Waals surface area contributed by atoms with Crippen molar-refractivity contribution in [3.05, 3.63) is 47.2 Å². The Bertz CT molecular complexity index is 556. The summed E-state index contributed by atoms with van der Waals surface area (Å²) in [6.07, 6.45) is 2.99. The van der Waals surface area contributed by atoms with E-state index in [0.717, 1.165) is 35.2 Å². The molecule has 0 amide bonds. The summed E-state index contributed by atoms with van der Waals surface area (Å²) in [5.41, 5.74) is 1.24. The van der Waals surface area contributed by atoms with Crippen molar-refractivity contribution in [1.82, 2.24) is 15.1 Å². The topological polar surface area (TPSA) is 29.9 Å². The van der Waals surface area contributed by atoms with Crippen molar-refractivity contribution in [2.24, 2.45) is 0 Å².